The number of nitrogens with zero attached hydrogens (tertiary/aromatic N) is 3. The van der Waals surface area contributed by atoms with Gasteiger partial charge in [-0.3, -0.25) is 0 Å². The van der Waals surface area contributed by atoms with Crippen LogP contribution in [-0.2, 0) is 0 Å². The van der Waals surface area contributed by atoms with Crippen LogP contribution >= 0.6 is 0 Å². The van der Waals surface area contributed by atoms with Crippen molar-refractivity contribution < 1.29 is 4.74 Å². The van der Waals surface area contributed by atoms with Crippen molar-refractivity contribution in [3.05, 3.63) is 59.9 Å². The quantitative estimate of drug-likeness (QED) is 0.667. The van der Waals surface area contributed by atoms with E-state index in [0.717, 1.165) is 11.2 Å². The smallest absolute Gasteiger partial charge is 0.217 e. The molecule has 0 aliphatic carbocycles. The van der Waals surface area contributed by atoms with Crippen LogP contribution in [0.5, 0.6) is 5.88 Å². The Morgan fingerprint density at radius 3 is 3.00 bits per heavy atom. The fraction of sp³-hybridized carbons (Fsp3) is 0.125. The van der Waals surface area contributed by atoms with Crippen molar-refractivity contribution in [1.29, 1.82) is 0 Å². The molecule has 4 nitrogen and oxygen atoms in total. The van der Waals surface area contributed by atoms with Crippen LogP contribution in [0.1, 0.15) is 11.1 Å². The molecule has 0 saturated heterocycles. The third-order valence-electron chi connectivity index (χ3n) is 2.89. The van der Waals surface area contributed by atoms with Crippen LogP contribution < -0.4 is 4.74 Å². The molecule has 20 heavy (non-hydrogen) atoms. The molecule has 0 unspecified atom stereocenters. The van der Waals surface area contributed by atoms with E-state index in [1.807, 2.05) is 43.5 Å². The van der Waals surface area contributed by atoms with Crippen molar-refractivity contribution >= 4 is 5.65 Å². The maximum atomic E-state index is 5.52. The van der Waals surface area contributed by atoms with Crippen molar-refractivity contribution in [2.45, 2.75) is 6.92 Å². The number of benzene rings is 1. The Bertz CT molecular complexity index is 796. The van der Waals surface area contributed by atoms with Gasteiger partial charge < -0.3 is 4.74 Å². The van der Waals surface area contributed by atoms with Gasteiger partial charge in [0, 0.05) is 23.9 Å². The van der Waals surface area contributed by atoms with Gasteiger partial charge in [-0.2, -0.15) is 10.1 Å². The largest absolute Gasteiger partial charge is 0.464 e. The number of aryl methyl sites for hydroxylation is 1. The van der Waals surface area contributed by atoms with Gasteiger partial charge in [0.15, 0.2) is 12.3 Å². The van der Waals surface area contributed by atoms with E-state index >= 15 is 0 Å². The van der Waals surface area contributed by atoms with Gasteiger partial charge in [-0.1, -0.05) is 30.0 Å². The van der Waals surface area contributed by atoms with Crippen molar-refractivity contribution in [3.8, 4) is 17.7 Å². The maximum absolute atomic E-state index is 5.52. The fourth-order valence-corrected chi connectivity index (χ4v) is 1.83. The summed E-state index contributed by atoms with van der Waals surface area (Å²) >= 11 is 0. The lowest BCUT2D eigenvalue weighted by atomic mass is 10.1. The molecule has 0 saturated carbocycles. The average molecular weight is 263 g/mol. The second-order valence-electron chi connectivity index (χ2n) is 4.31. The minimum absolute atomic E-state index is 0.311. The highest BCUT2D eigenvalue weighted by Gasteiger charge is 1.98. The Balaban J connectivity index is 1.67. The molecule has 0 bridgehead atoms. The zero-order valence-corrected chi connectivity index (χ0v) is 11.1. The summed E-state index contributed by atoms with van der Waals surface area (Å²) in [6.45, 7) is 2.35. The van der Waals surface area contributed by atoms with Crippen LogP contribution in [0.25, 0.3) is 5.65 Å². The van der Waals surface area contributed by atoms with E-state index in [2.05, 4.69) is 21.9 Å². The summed E-state index contributed by atoms with van der Waals surface area (Å²) in [4.78, 5) is 4.31. The van der Waals surface area contributed by atoms with E-state index in [1.165, 1.54) is 5.56 Å². The Kier molecular flexibility index (Phi) is 3.34. The van der Waals surface area contributed by atoms with Gasteiger partial charge in [-0.05, 0) is 18.6 Å². The number of hydrogen-bond acceptors (Lipinski definition) is 3. The lowest BCUT2D eigenvalue weighted by Gasteiger charge is -2.00. The van der Waals surface area contributed by atoms with Crippen LogP contribution in [0.2, 0.25) is 0 Å². The van der Waals surface area contributed by atoms with E-state index in [1.54, 1.807) is 16.8 Å². The van der Waals surface area contributed by atoms with Crippen LogP contribution in [0, 0.1) is 18.8 Å². The van der Waals surface area contributed by atoms with Gasteiger partial charge in [-0.15, -0.1) is 0 Å². The summed E-state index contributed by atoms with van der Waals surface area (Å²) in [5, 5.41) is 4.08. The first-order valence-corrected chi connectivity index (χ1v) is 6.30. The van der Waals surface area contributed by atoms with Crippen molar-refractivity contribution in [2.24, 2.45) is 0 Å². The molecule has 0 spiro atoms. The molecule has 98 valence electrons. The number of hydrogen-bond donors (Lipinski definition) is 0. The third-order valence-corrected chi connectivity index (χ3v) is 2.89. The van der Waals surface area contributed by atoms with Gasteiger partial charge in [-0.25, -0.2) is 4.52 Å². The Morgan fingerprint density at radius 2 is 2.10 bits per heavy atom. The first kappa shape index (κ1) is 12.2. The lowest BCUT2D eigenvalue weighted by Crippen LogP contribution is -1.98. The molecule has 0 amide bonds. The summed E-state index contributed by atoms with van der Waals surface area (Å²) in [7, 11) is 0. The number of ether oxygens (including phenoxy) is 1. The van der Waals surface area contributed by atoms with E-state index < -0.39 is 0 Å². The summed E-state index contributed by atoms with van der Waals surface area (Å²) in [6, 6.07) is 11.6. The molecule has 0 radical (unpaired) electrons. The highest BCUT2D eigenvalue weighted by Crippen LogP contribution is 2.08. The van der Waals surface area contributed by atoms with Gasteiger partial charge in [0.1, 0.15) is 0 Å². The third kappa shape index (κ3) is 2.62. The standard InChI is InChI=1S/C16H13N3O/c1-13-5-2-3-6-14(13)7-4-12-20-16-9-11-19-15(18-16)8-10-17-19/h2-3,5-6,8-11H,12H2,1H3. The number of fused-ring (bicyclic) bond motifs is 1. The van der Waals surface area contributed by atoms with Gasteiger partial charge in [0.05, 0.1) is 6.20 Å². The van der Waals surface area contributed by atoms with E-state index in [-0.39, 0.29) is 0 Å². The zero-order chi connectivity index (χ0) is 13.8. The second kappa shape index (κ2) is 5.45. The summed E-state index contributed by atoms with van der Waals surface area (Å²) < 4.78 is 7.21. The average Bonchev–Trinajstić information content (AvgIpc) is 2.93. The van der Waals surface area contributed by atoms with Gasteiger partial charge in [0.2, 0.25) is 5.88 Å². The molecule has 2 aromatic heterocycles. The summed E-state index contributed by atoms with van der Waals surface area (Å²) in [5.41, 5.74) is 2.95. The second-order valence-corrected chi connectivity index (χ2v) is 4.31. The summed E-state index contributed by atoms with van der Waals surface area (Å²) in [5.74, 6) is 6.65. The van der Waals surface area contributed by atoms with E-state index in [4.69, 9.17) is 4.74 Å². The van der Waals surface area contributed by atoms with Crippen molar-refractivity contribution in [2.75, 3.05) is 6.61 Å². The minimum Gasteiger partial charge on any atom is -0.464 e. The monoisotopic (exact) mass is 263 g/mol. The lowest BCUT2D eigenvalue weighted by molar-refractivity contribution is 0.355. The van der Waals surface area contributed by atoms with Crippen molar-refractivity contribution in [3.63, 3.8) is 0 Å². The van der Waals surface area contributed by atoms with Gasteiger partial charge >= 0.3 is 0 Å². The molecule has 1 aromatic carbocycles. The number of rotatable bonds is 2. The predicted molar refractivity (Wildman–Crippen MR) is 76.5 cm³/mol. The Labute approximate surface area is 117 Å². The molecule has 0 aliphatic heterocycles. The maximum Gasteiger partial charge on any atom is 0.217 e. The first-order valence-electron chi connectivity index (χ1n) is 6.30. The SMILES string of the molecule is Cc1ccccc1C#CCOc1ccn2nccc2n1. The summed E-state index contributed by atoms with van der Waals surface area (Å²) in [6.07, 6.45) is 3.51. The van der Waals surface area contributed by atoms with Crippen LogP contribution in [0.15, 0.2) is 48.8 Å². The molecule has 0 fully saturated rings. The highest BCUT2D eigenvalue weighted by atomic mass is 16.5. The first-order chi connectivity index (χ1) is 9.83. The predicted octanol–water partition coefficient (Wildman–Crippen LogP) is 2.47. The molecule has 4 heteroatoms. The zero-order valence-electron chi connectivity index (χ0n) is 11.1. The molecular weight excluding hydrogens is 250 g/mol. The fourth-order valence-electron chi connectivity index (χ4n) is 1.83. The topological polar surface area (TPSA) is 39.4 Å². The molecule has 3 aromatic rings. The molecule has 0 N–H and O–H groups in total. The van der Waals surface area contributed by atoms with E-state index in [0.29, 0.717) is 12.5 Å². The number of aromatic nitrogens is 3. The molecule has 3 rings (SSSR count). The normalized spacial score (nSPS) is 10.1. The van der Waals surface area contributed by atoms with Crippen LogP contribution in [0.3, 0.4) is 0 Å². The van der Waals surface area contributed by atoms with E-state index in [9.17, 15) is 0 Å². The van der Waals surface area contributed by atoms with Gasteiger partial charge in [0.25, 0.3) is 0 Å². The molecular formula is C16H13N3O. The van der Waals surface area contributed by atoms with Crippen molar-refractivity contribution in [1.82, 2.24) is 14.6 Å². The van der Waals surface area contributed by atoms with Crippen LogP contribution in [-0.4, -0.2) is 21.2 Å². The molecule has 2 heterocycles. The minimum atomic E-state index is 0.311. The molecule has 0 atom stereocenters. The highest BCUT2D eigenvalue weighted by molar-refractivity contribution is 5.41. The molecule has 0 aliphatic rings. The van der Waals surface area contributed by atoms with Crippen LogP contribution in [0.4, 0.5) is 0 Å². The Hall–Kier alpha value is -2.80. The Morgan fingerprint density at radius 1 is 1.20 bits per heavy atom.